The van der Waals surface area contributed by atoms with Gasteiger partial charge in [-0.15, -0.1) is 17.9 Å². The van der Waals surface area contributed by atoms with Crippen LogP contribution in [0.1, 0.15) is 4.88 Å². The van der Waals surface area contributed by atoms with Gasteiger partial charge in [0.05, 0.1) is 6.54 Å². The molecule has 0 saturated carbocycles. The van der Waals surface area contributed by atoms with Crippen LogP contribution in [0.3, 0.4) is 0 Å². The van der Waals surface area contributed by atoms with Gasteiger partial charge in [-0.25, -0.2) is 4.79 Å². The molecule has 0 bridgehead atoms. The molecule has 1 heterocycles. The van der Waals surface area contributed by atoms with Crippen LogP contribution in [0.15, 0.2) is 28.6 Å². The van der Waals surface area contributed by atoms with E-state index in [-0.39, 0.29) is 13.1 Å². The Balaban J connectivity index is 2.53. The fourth-order valence-corrected chi connectivity index (χ4v) is 2.69. The van der Waals surface area contributed by atoms with E-state index in [1.54, 1.807) is 0 Å². The quantitative estimate of drug-likeness (QED) is 0.785. The van der Waals surface area contributed by atoms with Gasteiger partial charge in [-0.1, -0.05) is 6.08 Å². The Morgan fingerprint density at radius 2 is 2.33 bits per heavy atom. The molecule has 0 atom stereocenters. The minimum Gasteiger partial charge on any atom is -0.480 e. The summed E-state index contributed by atoms with van der Waals surface area (Å²) in [5.74, 6) is -1.05. The van der Waals surface area contributed by atoms with Crippen molar-refractivity contribution in [2.24, 2.45) is 0 Å². The molecule has 1 aromatic heterocycles. The number of halogens is 1. The third-order valence-electron chi connectivity index (χ3n) is 2.05. The second-order valence-electron chi connectivity index (χ2n) is 3.41. The number of aliphatic carboxylic acids is 1. The highest BCUT2D eigenvalue weighted by molar-refractivity contribution is 9.10. The molecular formula is C11H13BrN2O3S. The first-order chi connectivity index (χ1) is 8.54. The molecule has 5 nitrogen and oxygen atoms in total. The molecule has 0 aliphatic carbocycles. The summed E-state index contributed by atoms with van der Waals surface area (Å²) >= 11 is 4.87. The summed E-state index contributed by atoms with van der Waals surface area (Å²) in [5, 5.41) is 13.3. The van der Waals surface area contributed by atoms with Gasteiger partial charge >= 0.3 is 12.0 Å². The van der Waals surface area contributed by atoms with Gasteiger partial charge in [0.2, 0.25) is 0 Å². The minimum atomic E-state index is -1.05. The van der Waals surface area contributed by atoms with E-state index in [0.29, 0.717) is 6.54 Å². The zero-order valence-electron chi connectivity index (χ0n) is 9.56. The first-order valence-electron chi connectivity index (χ1n) is 5.12. The molecule has 0 spiro atoms. The van der Waals surface area contributed by atoms with E-state index in [4.69, 9.17) is 5.11 Å². The molecule has 7 heteroatoms. The molecular weight excluding hydrogens is 320 g/mol. The zero-order chi connectivity index (χ0) is 13.5. The number of urea groups is 1. The molecule has 0 aliphatic heterocycles. The van der Waals surface area contributed by atoms with E-state index >= 15 is 0 Å². The smallest absolute Gasteiger partial charge is 0.323 e. The lowest BCUT2D eigenvalue weighted by Gasteiger charge is -2.19. The average Bonchev–Trinajstić information content (AvgIpc) is 2.70. The van der Waals surface area contributed by atoms with E-state index in [2.05, 4.69) is 27.8 Å². The standard InChI is InChI=1S/C11H13BrN2O3S/c1-2-4-14(7-10(15)16)11(17)13-6-9-8(12)3-5-18-9/h2-3,5H,1,4,6-7H2,(H,13,17)(H,15,16). The van der Waals surface area contributed by atoms with Crippen LogP contribution in [0.25, 0.3) is 0 Å². The maximum atomic E-state index is 11.8. The number of carboxylic acids is 1. The summed E-state index contributed by atoms with van der Waals surface area (Å²) in [6.45, 7) is 3.71. The average molecular weight is 333 g/mol. The third-order valence-corrected chi connectivity index (χ3v) is 3.98. The maximum Gasteiger partial charge on any atom is 0.323 e. The van der Waals surface area contributed by atoms with Crippen LogP contribution in [0, 0.1) is 0 Å². The first-order valence-corrected chi connectivity index (χ1v) is 6.79. The lowest BCUT2D eigenvalue weighted by Crippen LogP contribution is -2.42. The van der Waals surface area contributed by atoms with E-state index in [9.17, 15) is 9.59 Å². The summed E-state index contributed by atoms with van der Waals surface area (Å²) in [5.41, 5.74) is 0. The van der Waals surface area contributed by atoms with Gasteiger partial charge in [0.1, 0.15) is 6.54 Å². The van der Waals surface area contributed by atoms with E-state index in [0.717, 1.165) is 9.35 Å². The molecule has 0 radical (unpaired) electrons. The van der Waals surface area contributed by atoms with Crippen LogP contribution in [0.2, 0.25) is 0 Å². The molecule has 1 aromatic rings. The zero-order valence-corrected chi connectivity index (χ0v) is 12.0. The molecule has 1 rings (SSSR count). The highest BCUT2D eigenvalue weighted by Gasteiger charge is 2.15. The van der Waals surface area contributed by atoms with Crippen molar-refractivity contribution in [3.8, 4) is 0 Å². The van der Waals surface area contributed by atoms with Crippen molar-refractivity contribution < 1.29 is 14.7 Å². The van der Waals surface area contributed by atoms with Crippen molar-refractivity contribution in [3.63, 3.8) is 0 Å². The highest BCUT2D eigenvalue weighted by atomic mass is 79.9. The normalized spacial score (nSPS) is 9.83. The molecule has 2 amide bonds. The summed E-state index contributed by atoms with van der Waals surface area (Å²) < 4.78 is 0.932. The van der Waals surface area contributed by atoms with Crippen molar-refractivity contribution in [1.82, 2.24) is 10.2 Å². The molecule has 0 aromatic carbocycles. The van der Waals surface area contributed by atoms with Crippen LogP contribution in [0.5, 0.6) is 0 Å². The molecule has 98 valence electrons. The number of hydrogen-bond donors (Lipinski definition) is 2. The number of carboxylic acid groups (broad SMARTS) is 1. The fourth-order valence-electron chi connectivity index (χ4n) is 1.26. The van der Waals surface area contributed by atoms with Gasteiger partial charge in [0.25, 0.3) is 0 Å². The van der Waals surface area contributed by atoms with E-state index < -0.39 is 12.0 Å². The summed E-state index contributed by atoms with van der Waals surface area (Å²) in [4.78, 5) is 24.5. The van der Waals surface area contributed by atoms with Gasteiger partial charge < -0.3 is 15.3 Å². The Labute approximate surface area is 117 Å². The predicted molar refractivity (Wildman–Crippen MR) is 73.7 cm³/mol. The molecule has 0 aliphatic rings. The number of nitrogens with one attached hydrogen (secondary N) is 1. The van der Waals surface area contributed by atoms with Crippen molar-refractivity contribution in [1.29, 1.82) is 0 Å². The number of amides is 2. The second kappa shape index (κ2) is 7.17. The predicted octanol–water partition coefficient (Wildman–Crippen LogP) is 2.29. The number of carbonyl (C=O) groups excluding carboxylic acids is 1. The minimum absolute atomic E-state index is 0.198. The third kappa shape index (κ3) is 4.50. The van der Waals surface area contributed by atoms with Crippen LogP contribution < -0.4 is 5.32 Å². The van der Waals surface area contributed by atoms with Crippen molar-refractivity contribution in [3.05, 3.63) is 33.5 Å². The molecule has 18 heavy (non-hydrogen) atoms. The van der Waals surface area contributed by atoms with Crippen molar-refractivity contribution >= 4 is 39.3 Å². The lowest BCUT2D eigenvalue weighted by molar-refractivity contribution is -0.137. The Kier molecular flexibility index (Phi) is 5.87. The first kappa shape index (κ1) is 14.7. The van der Waals surface area contributed by atoms with Gasteiger partial charge in [0, 0.05) is 15.9 Å². The lowest BCUT2D eigenvalue weighted by atomic mass is 10.4. The van der Waals surface area contributed by atoms with Crippen LogP contribution >= 0.6 is 27.3 Å². The van der Waals surface area contributed by atoms with Gasteiger partial charge in [0.15, 0.2) is 0 Å². The second-order valence-corrected chi connectivity index (χ2v) is 5.27. The molecule has 2 N–H and O–H groups in total. The largest absolute Gasteiger partial charge is 0.480 e. The Morgan fingerprint density at radius 3 is 2.83 bits per heavy atom. The van der Waals surface area contributed by atoms with E-state index in [1.165, 1.54) is 22.3 Å². The van der Waals surface area contributed by atoms with Crippen molar-refractivity contribution in [2.45, 2.75) is 6.54 Å². The van der Waals surface area contributed by atoms with Crippen molar-refractivity contribution in [2.75, 3.05) is 13.1 Å². The topological polar surface area (TPSA) is 69.6 Å². The Hall–Kier alpha value is -1.34. The fraction of sp³-hybridized carbons (Fsp3) is 0.273. The number of thiophene rings is 1. The van der Waals surface area contributed by atoms with Crippen LogP contribution in [-0.2, 0) is 11.3 Å². The number of nitrogens with zero attached hydrogens (tertiary/aromatic N) is 1. The molecule has 0 unspecified atom stereocenters. The Morgan fingerprint density at radius 1 is 1.61 bits per heavy atom. The highest BCUT2D eigenvalue weighted by Crippen LogP contribution is 2.22. The maximum absolute atomic E-state index is 11.8. The van der Waals surface area contributed by atoms with Crippen LogP contribution in [-0.4, -0.2) is 35.1 Å². The van der Waals surface area contributed by atoms with Crippen LogP contribution in [0.4, 0.5) is 4.79 Å². The molecule has 0 saturated heterocycles. The number of rotatable bonds is 6. The number of carbonyl (C=O) groups is 2. The van der Waals surface area contributed by atoms with Gasteiger partial charge in [-0.3, -0.25) is 4.79 Å². The molecule has 0 fully saturated rings. The Bertz CT molecular complexity index is 447. The summed E-state index contributed by atoms with van der Waals surface area (Å²) in [6.07, 6.45) is 1.49. The monoisotopic (exact) mass is 332 g/mol. The van der Waals surface area contributed by atoms with Gasteiger partial charge in [-0.2, -0.15) is 0 Å². The number of hydrogen-bond acceptors (Lipinski definition) is 3. The van der Waals surface area contributed by atoms with Gasteiger partial charge in [-0.05, 0) is 27.4 Å². The summed E-state index contributed by atoms with van der Waals surface area (Å²) in [7, 11) is 0. The van der Waals surface area contributed by atoms with E-state index in [1.807, 2.05) is 11.4 Å². The SMILES string of the molecule is C=CCN(CC(=O)O)C(=O)NCc1sccc1Br. The summed E-state index contributed by atoms with van der Waals surface area (Å²) in [6, 6.07) is 1.47.